The van der Waals surface area contributed by atoms with Gasteiger partial charge in [0.15, 0.2) is 0 Å². The predicted octanol–water partition coefficient (Wildman–Crippen LogP) is 3.85. The maximum Gasteiger partial charge on any atom is 0.0630 e. The number of hydrogen-bond donors (Lipinski definition) is 0. The minimum atomic E-state index is 0.483. The Labute approximate surface area is 97.6 Å². The maximum atomic E-state index is 8.58. The highest BCUT2D eigenvalue weighted by molar-refractivity contribution is 8.00. The summed E-state index contributed by atoms with van der Waals surface area (Å²) < 4.78 is 0.483. The molecule has 2 aliphatic rings. The average molecular weight is 223 g/mol. The zero-order valence-electron chi connectivity index (χ0n) is 10.0. The molecule has 0 aromatic heterocycles. The van der Waals surface area contributed by atoms with Crippen LogP contribution in [0.2, 0.25) is 0 Å². The fourth-order valence-corrected chi connectivity index (χ4v) is 4.93. The molecule has 2 rings (SSSR count). The van der Waals surface area contributed by atoms with Gasteiger partial charge in [-0.1, -0.05) is 20.8 Å². The Morgan fingerprint density at radius 2 is 2.00 bits per heavy atom. The molecule has 0 heterocycles. The number of hydrogen-bond acceptors (Lipinski definition) is 2. The van der Waals surface area contributed by atoms with Crippen molar-refractivity contribution in [1.29, 1.82) is 5.26 Å². The highest BCUT2D eigenvalue weighted by Gasteiger charge is 2.55. The molecule has 1 nitrogen and oxygen atoms in total. The van der Waals surface area contributed by atoms with E-state index in [-0.39, 0.29) is 0 Å². The Morgan fingerprint density at radius 1 is 1.27 bits per heavy atom. The molecule has 2 aliphatic carbocycles. The SMILES string of the molecule is CC1(C)CC2CC1CC2(C)SCCC#N. The number of fused-ring (bicyclic) bond motifs is 2. The van der Waals surface area contributed by atoms with Crippen LogP contribution in [-0.4, -0.2) is 10.5 Å². The van der Waals surface area contributed by atoms with Crippen LogP contribution >= 0.6 is 11.8 Å². The Balaban J connectivity index is 1.95. The molecule has 3 atom stereocenters. The van der Waals surface area contributed by atoms with Gasteiger partial charge in [0, 0.05) is 16.9 Å². The van der Waals surface area contributed by atoms with Crippen molar-refractivity contribution in [3.8, 4) is 6.07 Å². The van der Waals surface area contributed by atoms with E-state index in [1.165, 1.54) is 19.3 Å². The molecule has 2 heteroatoms. The van der Waals surface area contributed by atoms with Crippen LogP contribution in [-0.2, 0) is 0 Å². The topological polar surface area (TPSA) is 23.8 Å². The Bertz CT molecular complexity index is 291. The Morgan fingerprint density at radius 3 is 2.47 bits per heavy atom. The first kappa shape index (κ1) is 11.3. The number of nitriles is 1. The summed E-state index contributed by atoms with van der Waals surface area (Å²) in [5, 5.41) is 8.58. The minimum Gasteiger partial charge on any atom is -0.198 e. The van der Waals surface area contributed by atoms with E-state index in [9.17, 15) is 0 Å². The van der Waals surface area contributed by atoms with Crippen LogP contribution in [0.15, 0.2) is 0 Å². The zero-order chi connectivity index (χ0) is 11.1. The first-order valence-corrected chi connectivity index (χ1v) is 6.97. The van der Waals surface area contributed by atoms with E-state index in [4.69, 9.17) is 5.26 Å². The lowest BCUT2D eigenvalue weighted by Crippen LogP contribution is -2.34. The summed E-state index contributed by atoms with van der Waals surface area (Å²) in [6.45, 7) is 7.28. The van der Waals surface area contributed by atoms with Crippen LogP contribution in [0, 0.1) is 28.6 Å². The summed E-state index contributed by atoms with van der Waals surface area (Å²) in [5.74, 6) is 2.86. The van der Waals surface area contributed by atoms with Gasteiger partial charge < -0.3 is 0 Å². The van der Waals surface area contributed by atoms with E-state index in [1.54, 1.807) is 0 Å². The molecule has 0 aliphatic heterocycles. The number of thioether (sulfide) groups is 1. The lowest BCUT2D eigenvalue weighted by atomic mass is 9.73. The van der Waals surface area contributed by atoms with E-state index < -0.39 is 0 Å². The molecule has 0 spiro atoms. The standard InChI is InChI=1S/C13H21NS/c1-12(2)8-11-7-10(12)9-13(11,3)15-6-4-5-14/h10-11H,4,6-9H2,1-3H3. The lowest BCUT2D eigenvalue weighted by Gasteiger charge is -2.40. The van der Waals surface area contributed by atoms with Crippen molar-refractivity contribution in [1.82, 2.24) is 0 Å². The van der Waals surface area contributed by atoms with E-state index >= 15 is 0 Å². The molecule has 3 unspecified atom stereocenters. The highest BCUT2D eigenvalue weighted by atomic mass is 32.2. The van der Waals surface area contributed by atoms with E-state index in [1.807, 2.05) is 0 Å². The van der Waals surface area contributed by atoms with E-state index in [0.717, 1.165) is 17.6 Å². The summed E-state index contributed by atoms with van der Waals surface area (Å²) in [7, 11) is 0. The smallest absolute Gasteiger partial charge is 0.0630 e. The van der Waals surface area contributed by atoms with Crippen molar-refractivity contribution < 1.29 is 0 Å². The van der Waals surface area contributed by atoms with Gasteiger partial charge in [-0.2, -0.15) is 17.0 Å². The predicted molar refractivity (Wildman–Crippen MR) is 65.7 cm³/mol. The molecule has 0 radical (unpaired) electrons. The third-order valence-electron chi connectivity index (χ3n) is 4.61. The Hall–Kier alpha value is -0.160. The van der Waals surface area contributed by atoms with E-state index in [0.29, 0.717) is 16.6 Å². The summed E-state index contributed by atoms with van der Waals surface area (Å²) in [6, 6.07) is 2.25. The fourth-order valence-electron chi connectivity index (χ4n) is 3.53. The van der Waals surface area contributed by atoms with Gasteiger partial charge in [-0.25, -0.2) is 0 Å². The molecule has 0 saturated heterocycles. The molecular weight excluding hydrogens is 202 g/mol. The quantitative estimate of drug-likeness (QED) is 0.679. The molecule has 0 amide bonds. The van der Waals surface area contributed by atoms with Crippen molar-refractivity contribution in [2.75, 3.05) is 5.75 Å². The molecular formula is C13H21NS. The van der Waals surface area contributed by atoms with Crippen LogP contribution in [0.5, 0.6) is 0 Å². The van der Waals surface area contributed by atoms with Gasteiger partial charge in [-0.15, -0.1) is 0 Å². The van der Waals surface area contributed by atoms with Gasteiger partial charge in [-0.05, 0) is 36.5 Å². The van der Waals surface area contributed by atoms with Crippen molar-refractivity contribution in [3.63, 3.8) is 0 Å². The third-order valence-corrected chi connectivity index (χ3v) is 6.18. The average Bonchev–Trinajstić information content (AvgIpc) is 2.58. The largest absolute Gasteiger partial charge is 0.198 e. The molecule has 84 valence electrons. The van der Waals surface area contributed by atoms with Crippen LogP contribution in [0.1, 0.15) is 46.5 Å². The van der Waals surface area contributed by atoms with Gasteiger partial charge in [-0.3, -0.25) is 0 Å². The molecule has 2 fully saturated rings. The lowest BCUT2D eigenvalue weighted by molar-refractivity contribution is 0.195. The second-order valence-electron chi connectivity index (χ2n) is 6.10. The molecule has 15 heavy (non-hydrogen) atoms. The van der Waals surface area contributed by atoms with Gasteiger partial charge in [0.25, 0.3) is 0 Å². The van der Waals surface area contributed by atoms with Crippen molar-refractivity contribution in [2.45, 2.75) is 51.2 Å². The molecule has 0 N–H and O–H groups in total. The summed E-state index contributed by atoms with van der Waals surface area (Å²) in [4.78, 5) is 0. The molecule has 2 bridgehead atoms. The van der Waals surface area contributed by atoms with Crippen molar-refractivity contribution in [3.05, 3.63) is 0 Å². The van der Waals surface area contributed by atoms with Crippen molar-refractivity contribution in [2.24, 2.45) is 17.3 Å². The minimum absolute atomic E-state index is 0.483. The second-order valence-corrected chi connectivity index (χ2v) is 7.73. The normalized spacial score (nSPS) is 41.7. The van der Waals surface area contributed by atoms with Gasteiger partial charge >= 0.3 is 0 Å². The summed E-state index contributed by atoms with van der Waals surface area (Å²) >= 11 is 2.05. The van der Waals surface area contributed by atoms with Crippen LogP contribution in [0.25, 0.3) is 0 Å². The molecule has 0 aromatic carbocycles. The highest BCUT2D eigenvalue weighted by Crippen LogP contribution is 2.63. The third kappa shape index (κ3) is 1.91. The monoisotopic (exact) mass is 223 g/mol. The first-order chi connectivity index (χ1) is 6.98. The van der Waals surface area contributed by atoms with Crippen molar-refractivity contribution >= 4 is 11.8 Å². The maximum absolute atomic E-state index is 8.58. The fraction of sp³-hybridized carbons (Fsp3) is 0.923. The van der Waals surface area contributed by atoms with Gasteiger partial charge in [0.2, 0.25) is 0 Å². The summed E-state index contributed by atoms with van der Waals surface area (Å²) in [6.07, 6.45) is 4.92. The molecule has 0 aromatic rings. The first-order valence-electron chi connectivity index (χ1n) is 5.99. The van der Waals surface area contributed by atoms with Gasteiger partial charge in [0.1, 0.15) is 0 Å². The van der Waals surface area contributed by atoms with Crippen LogP contribution in [0.3, 0.4) is 0 Å². The number of rotatable bonds is 3. The number of nitrogens with zero attached hydrogens (tertiary/aromatic N) is 1. The summed E-state index contributed by atoms with van der Waals surface area (Å²) in [5.41, 5.74) is 0.583. The van der Waals surface area contributed by atoms with Crippen LogP contribution < -0.4 is 0 Å². The van der Waals surface area contributed by atoms with Crippen LogP contribution in [0.4, 0.5) is 0 Å². The van der Waals surface area contributed by atoms with Gasteiger partial charge in [0.05, 0.1) is 6.07 Å². The second kappa shape index (κ2) is 3.70. The zero-order valence-corrected chi connectivity index (χ0v) is 10.9. The molecule has 2 saturated carbocycles. The Kier molecular flexibility index (Phi) is 2.79. The van der Waals surface area contributed by atoms with E-state index in [2.05, 4.69) is 38.6 Å².